The number of fused-ring (bicyclic) bond motifs is 1. The smallest absolute Gasteiger partial charge is 0.294 e. The summed E-state index contributed by atoms with van der Waals surface area (Å²) in [6.45, 7) is 2.58. The number of ketones is 1. The molecule has 0 aliphatic carbocycles. The summed E-state index contributed by atoms with van der Waals surface area (Å²) in [6.07, 6.45) is -3.03. The van der Waals surface area contributed by atoms with Crippen LogP contribution in [0.1, 0.15) is 29.8 Å². The quantitative estimate of drug-likeness (QED) is 0.604. The molecule has 3 heterocycles. The lowest BCUT2D eigenvalue weighted by molar-refractivity contribution is -0.137. The van der Waals surface area contributed by atoms with Crippen LogP contribution < -0.4 is 5.69 Å². The van der Waals surface area contributed by atoms with Crippen LogP contribution in [0.15, 0.2) is 40.3 Å². The maximum atomic E-state index is 12.9. The van der Waals surface area contributed by atoms with Gasteiger partial charge in [0, 0.05) is 18.0 Å². The number of nitrogens with zero attached hydrogens (tertiary/aromatic N) is 4. The Bertz CT molecular complexity index is 1260. The van der Waals surface area contributed by atoms with Crippen molar-refractivity contribution in [1.29, 1.82) is 0 Å². The van der Waals surface area contributed by atoms with Gasteiger partial charge in [-0.25, -0.2) is 22.6 Å². The first-order valence-corrected chi connectivity index (χ1v) is 9.53. The van der Waals surface area contributed by atoms with Gasteiger partial charge in [0.05, 0.1) is 11.3 Å². The lowest BCUT2D eigenvalue weighted by Gasteiger charge is -2.08. The van der Waals surface area contributed by atoms with E-state index >= 15 is 0 Å². The van der Waals surface area contributed by atoms with Crippen LogP contribution in [0.25, 0.3) is 11.5 Å². The highest BCUT2D eigenvalue weighted by Gasteiger charge is 2.31. The molecule has 0 fully saturated rings. The second-order valence-electron chi connectivity index (χ2n) is 5.84. The fourth-order valence-corrected chi connectivity index (χ4v) is 3.49. The number of Topliss-reactive ketones (excluding diaryl/α,β-unsaturated/α-hetero) is 1. The Balaban J connectivity index is 2.32. The standard InChI is InChI=1S/C16H13F3N4O4S/c1-3-28(26,27)12-6-10(9(2)24)7-20-14(12)23-15(25)22-8-11(16(17,18)19)4-5-13(22)21-23/h4-8H,3H2,1-2H3. The fraction of sp³-hybridized carbons (Fsp3) is 0.250. The zero-order chi connectivity index (χ0) is 20.9. The number of hydrogen-bond donors (Lipinski definition) is 0. The molecule has 0 saturated carbocycles. The molecule has 0 bridgehead atoms. The third-order valence-electron chi connectivity index (χ3n) is 4.00. The molecule has 28 heavy (non-hydrogen) atoms. The minimum atomic E-state index is -4.67. The van der Waals surface area contributed by atoms with Gasteiger partial charge in [-0.1, -0.05) is 6.92 Å². The molecular weight excluding hydrogens is 401 g/mol. The van der Waals surface area contributed by atoms with Gasteiger partial charge >= 0.3 is 11.9 Å². The van der Waals surface area contributed by atoms with Crippen LogP contribution in [0.3, 0.4) is 0 Å². The Hall–Kier alpha value is -3.02. The zero-order valence-electron chi connectivity index (χ0n) is 14.6. The summed E-state index contributed by atoms with van der Waals surface area (Å²) in [6, 6.07) is 2.81. The summed E-state index contributed by atoms with van der Waals surface area (Å²) in [5, 5.41) is 3.88. The molecule has 3 rings (SSSR count). The summed E-state index contributed by atoms with van der Waals surface area (Å²) < 4.78 is 64.8. The van der Waals surface area contributed by atoms with Gasteiger partial charge in [0.2, 0.25) is 0 Å². The molecule has 0 atom stereocenters. The molecule has 0 saturated heterocycles. The first-order valence-electron chi connectivity index (χ1n) is 7.88. The number of pyridine rings is 2. The van der Waals surface area contributed by atoms with Crippen molar-refractivity contribution in [1.82, 2.24) is 19.2 Å². The summed E-state index contributed by atoms with van der Waals surface area (Å²) in [5.41, 5.74) is -2.22. The van der Waals surface area contributed by atoms with Gasteiger partial charge in [0.15, 0.2) is 27.1 Å². The van der Waals surface area contributed by atoms with E-state index in [2.05, 4.69) is 10.1 Å². The predicted octanol–water partition coefficient (Wildman–Crippen LogP) is 1.90. The lowest BCUT2D eigenvalue weighted by Crippen LogP contribution is -2.24. The normalized spacial score (nSPS) is 12.5. The van der Waals surface area contributed by atoms with Crippen molar-refractivity contribution in [3.05, 3.63) is 52.2 Å². The Morgan fingerprint density at radius 1 is 1.25 bits per heavy atom. The second kappa shape index (κ2) is 6.55. The van der Waals surface area contributed by atoms with Crippen molar-refractivity contribution in [2.24, 2.45) is 0 Å². The minimum Gasteiger partial charge on any atom is -0.294 e. The second-order valence-corrected chi connectivity index (χ2v) is 8.09. The lowest BCUT2D eigenvalue weighted by atomic mass is 10.2. The molecule has 0 aromatic carbocycles. The van der Waals surface area contributed by atoms with E-state index in [9.17, 15) is 31.2 Å². The topological polar surface area (TPSA) is 103 Å². The Labute approximate surface area is 156 Å². The molecule has 0 unspecified atom stereocenters. The molecule has 0 aliphatic heterocycles. The number of sulfone groups is 1. The number of aromatic nitrogens is 4. The summed E-state index contributed by atoms with van der Waals surface area (Å²) in [7, 11) is -3.92. The van der Waals surface area contributed by atoms with Gasteiger partial charge in [-0.15, -0.1) is 5.10 Å². The molecular formula is C16H13F3N4O4S. The molecule has 0 N–H and O–H groups in total. The van der Waals surface area contributed by atoms with Crippen molar-refractivity contribution in [2.45, 2.75) is 24.9 Å². The van der Waals surface area contributed by atoms with Gasteiger partial charge in [-0.2, -0.15) is 17.9 Å². The van der Waals surface area contributed by atoms with E-state index < -0.39 is 43.8 Å². The third-order valence-corrected chi connectivity index (χ3v) is 5.73. The monoisotopic (exact) mass is 414 g/mol. The Morgan fingerprint density at radius 2 is 1.93 bits per heavy atom. The van der Waals surface area contributed by atoms with E-state index in [4.69, 9.17) is 0 Å². The molecule has 0 radical (unpaired) electrons. The fourth-order valence-electron chi connectivity index (χ4n) is 2.45. The van der Waals surface area contributed by atoms with E-state index in [0.29, 0.717) is 15.3 Å². The SMILES string of the molecule is CCS(=O)(=O)c1cc(C(C)=O)cnc1-n1nc2ccc(C(F)(F)F)cn2c1=O. The molecule has 3 aromatic heterocycles. The van der Waals surface area contributed by atoms with Gasteiger partial charge in [-0.3, -0.25) is 4.79 Å². The van der Waals surface area contributed by atoms with E-state index in [-0.39, 0.29) is 17.0 Å². The summed E-state index contributed by atoms with van der Waals surface area (Å²) >= 11 is 0. The van der Waals surface area contributed by atoms with Gasteiger partial charge in [0.25, 0.3) is 0 Å². The van der Waals surface area contributed by atoms with Crippen LogP contribution in [-0.4, -0.2) is 39.1 Å². The highest BCUT2D eigenvalue weighted by Crippen LogP contribution is 2.29. The minimum absolute atomic E-state index is 0.00643. The largest absolute Gasteiger partial charge is 0.417 e. The van der Waals surface area contributed by atoms with Gasteiger partial charge in [0.1, 0.15) is 4.90 Å². The van der Waals surface area contributed by atoms with Crippen molar-refractivity contribution in [3.63, 3.8) is 0 Å². The van der Waals surface area contributed by atoms with Crippen molar-refractivity contribution in [2.75, 3.05) is 5.75 Å². The molecule has 3 aromatic rings. The van der Waals surface area contributed by atoms with Crippen LogP contribution in [0, 0.1) is 0 Å². The number of carbonyl (C=O) groups is 1. The molecule has 0 spiro atoms. The first kappa shape index (κ1) is 19.7. The average Bonchev–Trinajstić information content (AvgIpc) is 2.96. The molecule has 12 heteroatoms. The van der Waals surface area contributed by atoms with Crippen LogP contribution in [0.5, 0.6) is 0 Å². The maximum absolute atomic E-state index is 12.9. The molecule has 0 amide bonds. The Kier molecular flexibility index (Phi) is 4.61. The molecule has 148 valence electrons. The van der Waals surface area contributed by atoms with E-state index in [1.165, 1.54) is 13.8 Å². The highest BCUT2D eigenvalue weighted by atomic mass is 32.2. The van der Waals surface area contributed by atoms with Crippen molar-refractivity contribution < 1.29 is 26.4 Å². The first-order chi connectivity index (χ1) is 13.0. The van der Waals surface area contributed by atoms with Crippen LogP contribution in [-0.2, 0) is 16.0 Å². The van der Waals surface area contributed by atoms with Gasteiger partial charge < -0.3 is 0 Å². The molecule has 0 aliphatic rings. The van der Waals surface area contributed by atoms with Gasteiger partial charge in [-0.05, 0) is 25.1 Å². The highest BCUT2D eigenvalue weighted by molar-refractivity contribution is 7.91. The number of carbonyl (C=O) groups excluding carboxylic acids is 1. The third kappa shape index (κ3) is 3.30. The summed E-state index contributed by atoms with van der Waals surface area (Å²) in [4.78, 5) is 27.6. The number of alkyl halides is 3. The van der Waals surface area contributed by atoms with Crippen LogP contribution >= 0.6 is 0 Å². The average molecular weight is 414 g/mol. The molecule has 8 nitrogen and oxygen atoms in total. The number of hydrogen-bond acceptors (Lipinski definition) is 6. The van der Waals surface area contributed by atoms with E-state index in [1.54, 1.807) is 0 Å². The van der Waals surface area contributed by atoms with E-state index in [1.807, 2.05) is 0 Å². The van der Waals surface area contributed by atoms with Crippen LogP contribution in [0.4, 0.5) is 13.2 Å². The van der Waals surface area contributed by atoms with E-state index in [0.717, 1.165) is 24.4 Å². The number of rotatable bonds is 4. The van der Waals surface area contributed by atoms with Crippen LogP contribution in [0.2, 0.25) is 0 Å². The predicted molar refractivity (Wildman–Crippen MR) is 91.3 cm³/mol. The zero-order valence-corrected chi connectivity index (χ0v) is 15.4. The Morgan fingerprint density at radius 3 is 2.50 bits per heavy atom. The van der Waals surface area contributed by atoms with Crippen molar-refractivity contribution in [3.8, 4) is 5.82 Å². The number of halogens is 3. The summed E-state index contributed by atoms with van der Waals surface area (Å²) in [5.74, 6) is -1.18. The van der Waals surface area contributed by atoms with Crippen molar-refractivity contribution >= 4 is 21.3 Å². The maximum Gasteiger partial charge on any atom is 0.417 e.